The van der Waals surface area contributed by atoms with E-state index in [2.05, 4.69) is 11.1 Å². The minimum atomic E-state index is 0.402. The van der Waals surface area contributed by atoms with E-state index in [4.69, 9.17) is 16.3 Å². The van der Waals surface area contributed by atoms with Gasteiger partial charge >= 0.3 is 0 Å². The van der Waals surface area contributed by atoms with Crippen LogP contribution in [0.5, 0.6) is 11.6 Å². The number of hydrogen-bond donors (Lipinski definition) is 0. The zero-order valence-corrected chi connectivity index (χ0v) is 12.5. The van der Waals surface area contributed by atoms with Crippen LogP contribution in [0, 0.1) is 27.7 Å². The van der Waals surface area contributed by atoms with Crippen LogP contribution < -0.4 is 4.74 Å². The zero-order chi connectivity index (χ0) is 14.0. The summed E-state index contributed by atoms with van der Waals surface area (Å²) >= 11 is 6.01. The molecule has 0 unspecified atom stereocenters. The van der Waals surface area contributed by atoms with Gasteiger partial charge in [0.25, 0.3) is 0 Å². The molecular weight excluding hydrogens is 258 g/mol. The van der Waals surface area contributed by atoms with Gasteiger partial charge in [0.15, 0.2) is 0 Å². The van der Waals surface area contributed by atoms with Crippen molar-refractivity contribution in [2.45, 2.75) is 33.6 Å². The number of aryl methyl sites for hydroxylation is 4. The second kappa shape index (κ2) is 5.62. The summed E-state index contributed by atoms with van der Waals surface area (Å²) in [6.07, 6.45) is 0. The van der Waals surface area contributed by atoms with Crippen LogP contribution in [0.25, 0.3) is 0 Å². The molecule has 0 fully saturated rings. The lowest BCUT2D eigenvalue weighted by Crippen LogP contribution is -1.99. The highest BCUT2D eigenvalue weighted by Gasteiger charge is 2.11. The highest BCUT2D eigenvalue weighted by Crippen LogP contribution is 2.30. The molecule has 0 aliphatic carbocycles. The maximum absolute atomic E-state index is 6.01. The Morgan fingerprint density at radius 3 is 2.47 bits per heavy atom. The Kier molecular flexibility index (Phi) is 4.11. The quantitative estimate of drug-likeness (QED) is 0.747. The van der Waals surface area contributed by atoms with Gasteiger partial charge in [-0.2, -0.15) is 0 Å². The lowest BCUT2D eigenvalue weighted by Gasteiger charge is -2.14. The Morgan fingerprint density at radius 1 is 1.05 bits per heavy atom. The molecule has 0 saturated carbocycles. The Bertz CT molecular complexity index is 608. The van der Waals surface area contributed by atoms with E-state index in [1.54, 1.807) is 0 Å². The van der Waals surface area contributed by atoms with Crippen molar-refractivity contribution in [3.8, 4) is 11.6 Å². The molecule has 19 heavy (non-hydrogen) atoms. The van der Waals surface area contributed by atoms with E-state index >= 15 is 0 Å². The van der Waals surface area contributed by atoms with Crippen molar-refractivity contribution in [3.63, 3.8) is 0 Å². The van der Waals surface area contributed by atoms with Crippen molar-refractivity contribution < 1.29 is 4.74 Å². The van der Waals surface area contributed by atoms with Gasteiger partial charge in [0, 0.05) is 11.3 Å². The number of hydrogen-bond acceptors (Lipinski definition) is 2. The standard InChI is InChI=1S/C16H18ClNO/c1-10-5-6-11(2)15(7-10)19-16-14(9-17)12(3)8-13(4)18-16/h5-8H,9H2,1-4H3. The average molecular weight is 276 g/mol. The fraction of sp³-hybridized carbons (Fsp3) is 0.312. The number of pyridine rings is 1. The van der Waals surface area contributed by atoms with Crippen molar-refractivity contribution in [2.24, 2.45) is 0 Å². The van der Waals surface area contributed by atoms with E-state index in [-0.39, 0.29) is 0 Å². The average Bonchev–Trinajstić information content (AvgIpc) is 2.33. The van der Waals surface area contributed by atoms with Crippen molar-refractivity contribution >= 4 is 11.6 Å². The molecule has 0 amide bonds. The van der Waals surface area contributed by atoms with Gasteiger partial charge < -0.3 is 4.74 Å². The minimum absolute atomic E-state index is 0.402. The van der Waals surface area contributed by atoms with E-state index in [0.717, 1.165) is 33.7 Å². The monoisotopic (exact) mass is 275 g/mol. The predicted octanol–water partition coefficient (Wildman–Crippen LogP) is 4.85. The number of ether oxygens (including phenoxy) is 1. The SMILES string of the molecule is Cc1ccc(C)c(Oc2nc(C)cc(C)c2CCl)c1. The number of aromatic nitrogens is 1. The molecule has 0 radical (unpaired) electrons. The first-order valence-electron chi connectivity index (χ1n) is 6.29. The molecule has 0 spiro atoms. The lowest BCUT2D eigenvalue weighted by atomic mass is 10.1. The second-order valence-corrected chi connectivity index (χ2v) is 5.14. The van der Waals surface area contributed by atoms with Crippen LogP contribution in [0.1, 0.15) is 27.9 Å². The van der Waals surface area contributed by atoms with Gasteiger partial charge in [-0.25, -0.2) is 4.98 Å². The summed E-state index contributed by atoms with van der Waals surface area (Å²) < 4.78 is 5.98. The van der Waals surface area contributed by atoms with Crippen LogP contribution in [0.2, 0.25) is 0 Å². The number of benzene rings is 1. The zero-order valence-electron chi connectivity index (χ0n) is 11.7. The van der Waals surface area contributed by atoms with E-state index < -0.39 is 0 Å². The van der Waals surface area contributed by atoms with Gasteiger partial charge in [0.1, 0.15) is 5.75 Å². The summed E-state index contributed by atoms with van der Waals surface area (Å²) in [5, 5.41) is 0. The van der Waals surface area contributed by atoms with Crippen LogP contribution in [0.15, 0.2) is 24.3 Å². The van der Waals surface area contributed by atoms with Gasteiger partial charge in [-0.15, -0.1) is 11.6 Å². The maximum Gasteiger partial charge on any atom is 0.224 e. The summed E-state index contributed by atoms with van der Waals surface area (Å²) in [7, 11) is 0. The summed E-state index contributed by atoms with van der Waals surface area (Å²) in [6, 6.07) is 8.16. The van der Waals surface area contributed by atoms with Crippen LogP contribution in [-0.4, -0.2) is 4.98 Å². The summed E-state index contributed by atoms with van der Waals surface area (Å²) in [5.41, 5.74) is 5.26. The summed E-state index contributed by atoms with van der Waals surface area (Å²) in [5.74, 6) is 1.85. The Hall–Kier alpha value is -1.54. The minimum Gasteiger partial charge on any atom is -0.438 e. The topological polar surface area (TPSA) is 22.1 Å². The molecule has 100 valence electrons. The van der Waals surface area contributed by atoms with E-state index in [0.29, 0.717) is 11.8 Å². The molecule has 0 aliphatic heterocycles. The van der Waals surface area contributed by atoms with Gasteiger partial charge in [-0.3, -0.25) is 0 Å². The van der Waals surface area contributed by atoms with Gasteiger partial charge in [-0.1, -0.05) is 12.1 Å². The third kappa shape index (κ3) is 3.07. The molecular formula is C16H18ClNO. The third-order valence-corrected chi connectivity index (χ3v) is 3.39. The molecule has 0 bridgehead atoms. The number of rotatable bonds is 3. The number of halogens is 1. The molecule has 2 nitrogen and oxygen atoms in total. The normalized spacial score (nSPS) is 10.6. The van der Waals surface area contributed by atoms with Crippen LogP contribution in [-0.2, 0) is 5.88 Å². The molecule has 0 N–H and O–H groups in total. The molecule has 0 aliphatic rings. The van der Waals surface area contributed by atoms with E-state index in [1.807, 2.05) is 45.9 Å². The molecule has 1 aromatic heterocycles. The van der Waals surface area contributed by atoms with Crippen molar-refractivity contribution in [1.82, 2.24) is 4.98 Å². The molecule has 3 heteroatoms. The predicted molar refractivity (Wildman–Crippen MR) is 79.3 cm³/mol. The maximum atomic E-state index is 6.01. The fourth-order valence-corrected chi connectivity index (χ4v) is 2.32. The molecule has 0 atom stereocenters. The number of nitrogens with zero attached hydrogens (tertiary/aromatic N) is 1. The molecule has 1 aromatic carbocycles. The largest absolute Gasteiger partial charge is 0.438 e. The van der Waals surface area contributed by atoms with Gasteiger partial charge in [0.2, 0.25) is 5.88 Å². The Labute approximate surface area is 119 Å². The highest BCUT2D eigenvalue weighted by molar-refractivity contribution is 6.17. The Balaban J connectivity index is 2.45. The summed E-state index contributed by atoms with van der Waals surface area (Å²) in [6.45, 7) is 8.06. The first-order valence-corrected chi connectivity index (χ1v) is 6.83. The van der Waals surface area contributed by atoms with E-state index in [9.17, 15) is 0 Å². The van der Waals surface area contributed by atoms with E-state index in [1.165, 1.54) is 0 Å². The molecule has 2 aromatic rings. The first-order chi connectivity index (χ1) is 9.01. The molecule has 1 heterocycles. The first kappa shape index (κ1) is 13.9. The molecule has 0 saturated heterocycles. The lowest BCUT2D eigenvalue weighted by molar-refractivity contribution is 0.452. The van der Waals surface area contributed by atoms with Crippen LogP contribution in [0.3, 0.4) is 0 Å². The number of alkyl halides is 1. The smallest absolute Gasteiger partial charge is 0.224 e. The third-order valence-electron chi connectivity index (χ3n) is 3.12. The highest BCUT2D eigenvalue weighted by atomic mass is 35.5. The Morgan fingerprint density at radius 2 is 1.79 bits per heavy atom. The fourth-order valence-electron chi connectivity index (χ4n) is 2.00. The van der Waals surface area contributed by atoms with Gasteiger partial charge in [-0.05, 0) is 56.5 Å². The van der Waals surface area contributed by atoms with Gasteiger partial charge in [0.05, 0.1) is 5.88 Å². The van der Waals surface area contributed by atoms with Crippen molar-refractivity contribution in [1.29, 1.82) is 0 Å². The summed E-state index contributed by atoms with van der Waals surface area (Å²) in [4.78, 5) is 4.46. The van der Waals surface area contributed by atoms with Crippen molar-refractivity contribution in [2.75, 3.05) is 0 Å². The van der Waals surface area contributed by atoms with Crippen LogP contribution in [0.4, 0.5) is 0 Å². The second-order valence-electron chi connectivity index (χ2n) is 4.87. The van der Waals surface area contributed by atoms with Crippen LogP contribution >= 0.6 is 11.6 Å². The van der Waals surface area contributed by atoms with Crippen molar-refractivity contribution in [3.05, 3.63) is 52.2 Å². The molecule has 2 rings (SSSR count).